The lowest BCUT2D eigenvalue weighted by Crippen LogP contribution is -2.48. The summed E-state index contributed by atoms with van der Waals surface area (Å²) in [5.74, 6) is -2.28. The Morgan fingerprint density at radius 1 is 0.935 bits per heavy atom. The third kappa shape index (κ3) is 4.26. The highest BCUT2D eigenvalue weighted by atomic mass is 32.2. The van der Waals surface area contributed by atoms with Gasteiger partial charge in [-0.3, -0.25) is 4.90 Å². The Hall–Kier alpha value is -2.62. The minimum atomic E-state index is -3.91. The van der Waals surface area contributed by atoms with Crippen LogP contribution in [0, 0.1) is 25.5 Å². The van der Waals surface area contributed by atoms with Crippen molar-refractivity contribution in [2.75, 3.05) is 26.2 Å². The molecule has 2 heterocycles. The first kappa shape index (κ1) is 21.6. The van der Waals surface area contributed by atoms with Crippen LogP contribution < -0.4 is 5.63 Å². The fourth-order valence-electron chi connectivity index (χ4n) is 3.77. The van der Waals surface area contributed by atoms with Crippen LogP contribution in [0.5, 0.6) is 0 Å². The summed E-state index contributed by atoms with van der Waals surface area (Å²) in [6.07, 6.45) is 0. The first-order valence-electron chi connectivity index (χ1n) is 9.87. The van der Waals surface area contributed by atoms with Crippen molar-refractivity contribution in [3.8, 4) is 0 Å². The van der Waals surface area contributed by atoms with E-state index in [2.05, 4.69) is 4.90 Å². The molecule has 0 saturated carbocycles. The summed E-state index contributed by atoms with van der Waals surface area (Å²) in [4.78, 5) is 13.8. The highest BCUT2D eigenvalue weighted by Crippen LogP contribution is 2.24. The van der Waals surface area contributed by atoms with Gasteiger partial charge in [0, 0.05) is 44.2 Å². The summed E-state index contributed by atoms with van der Waals surface area (Å²) in [7, 11) is -3.91. The normalized spacial score (nSPS) is 16.1. The van der Waals surface area contributed by atoms with Crippen LogP contribution in [0.15, 0.2) is 50.5 Å². The summed E-state index contributed by atoms with van der Waals surface area (Å²) in [5.41, 5.74) is 3.05. The number of aryl methyl sites for hydroxylation is 2. The smallest absolute Gasteiger partial charge is 0.336 e. The van der Waals surface area contributed by atoms with E-state index in [4.69, 9.17) is 4.42 Å². The van der Waals surface area contributed by atoms with Gasteiger partial charge in [-0.2, -0.15) is 4.31 Å². The van der Waals surface area contributed by atoms with Crippen LogP contribution in [0.4, 0.5) is 8.78 Å². The lowest BCUT2D eigenvalue weighted by molar-refractivity contribution is 0.182. The molecule has 1 aliphatic rings. The Morgan fingerprint density at radius 2 is 1.61 bits per heavy atom. The molecule has 6 nitrogen and oxygen atoms in total. The van der Waals surface area contributed by atoms with Crippen molar-refractivity contribution in [1.82, 2.24) is 9.21 Å². The third-order valence-corrected chi connectivity index (χ3v) is 7.59. The summed E-state index contributed by atoms with van der Waals surface area (Å²) >= 11 is 0. The Labute approximate surface area is 178 Å². The van der Waals surface area contributed by atoms with Crippen molar-refractivity contribution < 1.29 is 21.6 Å². The maximum atomic E-state index is 13.5. The molecule has 1 fully saturated rings. The van der Waals surface area contributed by atoms with Crippen LogP contribution in [0.3, 0.4) is 0 Å². The lowest BCUT2D eigenvalue weighted by Gasteiger charge is -2.34. The van der Waals surface area contributed by atoms with E-state index in [1.54, 1.807) is 0 Å². The maximum Gasteiger partial charge on any atom is 0.336 e. The molecule has 9 heteroatoms. The number of piperazine rings is 1. The minimum Gasteiger partial charge on any atom is -0.423 e. The molecule has 1 aromatic heterocycles. The summed E-state index contributed by atoms with van der Waals surface area (Å²) in [5, 5.41) is 0.861. The number of hydrogen-bond acceptors (Lipinski definition) is 5. The zero-order valence-corrected chi connectivity index (χ0v) is 18.0. The zero-order valence-electron chi connectivity index (χ0n) is 17.2. The van der Waals surface area contributed by atoms with Crippen LogP contribution in [-0.4, -0.2) is 43.8 Å². The second-order valence-electron chi connectivity index (χ2n) is 7.78. The number of hydrogen-bond donors (Lipinski definition) is 0. The molecule has 0 N–H and O–H groups in total. The van der Waals surface area contributed by atoms with Gasteiger partial charge in [0.1, 0.15) is 5.58 Å². The maximum absolute atomic E-state index is 13.5. The topological polar surface area (TPSA) is 70.8 Å². The molecule has 164 valence electrons. The monoisotopic (exact) mass is 448 g/mol. The van der Waals surface area contributed by atoms with E-state index in [0.29, 0.717) is 31.3 Å². The predicted molar refractivity (Wildman–Crippen MR) is 112 cm³/mol. The molecule has 2 aromatic carbocycles. The van der Waals surface area contributed by atoms with Crippen LogP contribution in [0.1, 0.15) is 16.7 Å². The SMILES string of the molecule is Cc1cc2oc(=O)cc(CN3CCN(S(=O)(=O)c4ccc(F)c(F)c4)CC3)c2cc1C. The predicted octanol–water partition coefficient (Wildman–Crippen LogP) is 3.19. The molecule has 0 amide bonds. The standard InChI is InChI=1S/C22H22F2N2O4S/c1-14-9-18-16(11-22(27)30-21(18)10-15(14)2)13-25-5-7-26(8-6-25)31(28,29)17-3-4-19(23)20(24)12-17/h3-4,9-12H,5-8,13H2,1-2H3. The second kappa shape index (κ2) is 8.14. The van der Waals surface area contributed by atoms with Crippen molar-refractivity contribution >= 4 is 21.0 Å². The summed E-state index contributed by atoms with van der Waals surface area (Å²) < 4.78 is 58.8. The molecule has 31 heavy (non-hydrogen) atoms. The Bertz CT molecular complexity index is 1310. The Kier molecular flexibility index (Phi) is 5.67. The Morgan fingerprint density at radius 3 is 2.29 bits per heavy atom. The summed E-state index contributed by atoms with van der Waals surface area (Å²) in [6, 6.07) is 7.90. The first-order valence-corrected chi connectivity index (χ1v) is 11.3. The Balaban J connectivity index is 1.51. The van der Waals surface area contributed by atoms with Gasteiger partial charge >= 0.3 is 5.63 Å². The van der Waals surface area contributed by atoms with E-state index in [1.807, 2.05) is 26.0 Å². The average molecular weight is 448 g/mol. The van der Waals surface area contributed by atoms with Crippen molar-refractivity contribution in [2.24, 2.45) is 0 Å². The number of benzene rings is 2. The third-order valence-electron chi connectivity index (χ3n) is 5.70. The largest absolute Gasteiger partial charge is 0.423 e. The molecule has 0 aliphatic carbocycles. The van der Waals surface area contributed by atoms with Crippen LogP contribution in [0.25, 0.3) is 11.0 Å². The van der Waals surface area contributed by atoms with Gasteiger partial charge in [0.05, 0.1) is 4.90 Å². The summed E-state index contributed by atoms with van der Waals surface area (Å²) in [6.45, 7) is 5.71. The molecule has 0 spiro atoms. The highest BCUT2D eigenvalue weighted by molar-refractivity contribution is 7.89. The van der Waals surface area contributed by atoms with Gasteiger partial charge < -0.3 is 4.42 Å². The molecule has 0 bridgehead atoms. The van der Waals surface area contributed by atoms with Crippen molar-refractivity contribution in [3.63, 3.8) is 0 Å². The molecule has 0 radical (unpaired) electrons. The van der Waals surface area contributed by atoms with Gasteiger partial charge in [-0.15, -0.1) is 0 Å². The number of sulfonamides is 1. The van der Waals surface area contributed by atoms with Gasteiger partial charge in [0.25, 0.3) is 0 Å². The molecule has 1 saturated heterocycles. The van der Waals surface area contributed by atoms with E-state index < -0.39 is 27.3 Å². The molecule has 4 rings (SSSR count). The second-order valence-corrected chi connectivity index (χ2v) is 9.72. The van der Waals surface area contributed by atoms with Gasteiger partial charge in [-0.25, -0.2) is 22.0 Å². The van der Waals surface area contributed by atoms with Crippen LogP contribution in [-0.2, 0) is 16.6 Å². The lowest BCUT2D eigenvalue weighted by atomic mass is 10.0. The molecule has 3 aromatic rings. The highest BCUT2D eigenvalue weighted by Gasteiger charge is 2.29. The molecule has 1 aliphatic heterocycles. The van der Waals surface area contributed by atoms with Crippen molar-refractivity contribution in [1.29, 1.82) is 0 Å². The molecule has 0 unspecified atom stereocenters. The molecular formula is C22H22F2N2O4S. The average Bonchev–Trinajstić information content (AvgIpc) is 2.72. The van der Waals surface area contributed by atoms with Gasteiger partial charge in [-0.05, 0) is 60.9 Å². The van der Waals surface area contributed by atoms with E-state index in [1.165, 1.54) is 10.4 Å². The fourth-order valence-corrected chi connectivity index (χ4v) is 5.20. The van der Waals surface area contributed by atoms with Crippen molar-refractivity contribution in [3.05, 3.63) is 75.1 Å². The fraction of sp³-hybridized carbons (Fsp3) is 0.318. The van der Waals surface area contributed by atoms with Gasteiger partial charge in [-0.1, -0.05) is 0 Å². The van der Waals surface area contributed by atoms with E-state index in [-0.39, 0.29) is 18.0 Å². The minimum absolute atomic E-state index is 0.207. The van der Waals surface area contributed by atoms with E-state index in [9.17, 15) is 22.0 Å². The van der Waals surface area contributed by atoms with Crippen LogP contribution >= 0.6 is 0 Å². The molecular weight excluding hydrogens is 426 g/mol. The van der Waals surface area contributed by atoms with E-state index >= 15 is 0 Å². The number of halogens is 2. The van der Waals surface area contributed by atoms with Gasteiger partial charge in [0.2, 0.25) is 10.0 Å². The molecule has 0 atom stereocenters. The van der Waals surface area contributed by atoms with Crippen molar-refractivity contribution in [2.45, 2.75) is 25.3 Å². The van der Waals surface area contributed by atoms with Gasteiger partial charge in [0.15, 0.2) is 11.6 Å². The number of fused-ring (bicyclic) bond motifs is 1. The first-order chi connectivity index (χ1) is 14.6. The van der Waals surface area contributed by atoms with E-state index in [0.717, 1.165) is 34.2 Å². The zero-order chi connectivity index (χ0) is 22.3. The van der Waals surface area contributed by atoms with Crippen LogP contribution in [0.2, 0.25) is 0 Å². The number of rotatable bonds is 4. The number of nitrogens with zero attached hydrogens (tertiary/aromatic N) is 2. The quantitative estimate of drug-likeness (QED) is 0.574.